The molecule has 0 spiro atoms. The van der Waals surface area contributed by atoms with E-state index >= 15 is 0 Å². The summed E-state index contributed by atoms with van der Waals surface area (Å²) in [6, 6.07) is 12.5. The van der Waals surface area contributed by atoms with Crippen LogP contribution in [0.2, 0.25) is 0 Å². The van der Waals surface area contributed by atoms with Crippen LogP contribution in [0, 0.1) is 6.92 Å². The van der Waals surface area contributed by atoms with E-state index in [-0.39, 0.29) is 12.1 Å². The molecule has 1 atom stereocenters. The molecule has 1 heterocycles. The summed E-state index contributed by atoms with van der Waals surface area (Å²) in [7, 11) is 0. The molecular formula is C27H34N2O5. The van der Waals surface area contributed by atoms with Crippen molar-refractivity contribution in [3.05, 3.63) is 70.4 Å². The van der Waals surface area contributed by atoms with Gasteiger partial charge in [-0.25, -0.2) is 9.59 Å². The minimum absolute atomic E-state index is 0.280. The number of amides is 2. The van der Waals surface area contributed by atoms with Crippen molar-refractivity contribution >= 4 is 12.0 Å². The molecule has 1 aliphatic heterocycles. The predicted molar refractivity (Wildman–Crippen MR) is 131 cm³/mol. The summed E-state index contributed by atoms with van der Waals surface area (Å²) in [6.45, 7) is 10.4. The van der Waals surface area contributed by atoms with Crippen molar-refractivity contribution in [1.29, 1.82) is 0 Å². The van der Waals surface area contributed by atoms with Crippen molar-refractivity contribution in [3.8, 4) is 11.5 Å². The number of hydrogen-bond donors (Lipinski definition) is 2. The van der Waals surface area contributed by atoms with E-state index in [1.165, 1.54) is 0 Å². The summed E-state index contributed by atoms with van der Waals surface area (Å²) in [5.74, 6) is 0.696. The lowest BCUT2D eigenvalue weighted by atomic mass is 9.93. The van der Waals surface area contributed by atoms with Gasteiger partial charge < -0.3 is 24.8 Å². The Morgan fingerprint density at radius 2 is 1.82 bits per heavy atom. The highest BCUT2D eigenvalue weighted by Crippen LogP contribution is 2.36. The fourth-order valence-electron chi connectivity index (χ4n) is 3.85. The molecule has 34 heavy (non-hydrogen) atoms. The molecule has 2 aromatic rings. The second kappa shape index (κ2) is 11.6. The van der Waals surface area contributed by atoms with E-state index in [0.717, 1.165) is 17.5 Å². The number of esters is 1. The minimum atomic E-state index is -0.661. The Bertz CT molecular complexity index is 1060. The van der Waals surface area contributed by atoms with E-state index < -0.39 is 12.0 Å². The molecule has 2 N–H and O–H groups in total. The molecule has 3 rings (SSSR count). The lowest BCUT2D eigenvalue weighted by Crippen LogP contribution is -2.46. The normalized spacial score (nSPS) is 15.6. The summed E-state index contributed by atoms with van der Waals surface area (Å²) in [5, 5.41) is 5.66. The van der Waals surface area contributed by atoms with Crippen molar-refractivity contribution in [1.82, 2.24) is 10.6 Å². The van der Waals surface area contributed by atoms with Crippen LogP contribution in [0.5, 0.6) is 11.5 Å². The van der Waals surface area contributed by atoms with Crippen LogP contribution in [-0.4, -0.2) is 24.7 Å². The predicted octanol–water partition coefficient (Wildman–Crippen LogP) is 5.33. The molecule has 2 aromatic carbocycles. The second-order valence-corrected chi connectivity index (χ2v) is 8.48. The average Bonchev–Trinajstić information content (AvgIpc) is 2.78. The molecule has 0 bridgehead atoms. The molecule has 0 saturated carbocycles. The first-order chi connectivity index (χ1) is 16.3. The molecule has 0 radical (unpaired) electrons. The molecule has 0 aliphatic carbocycles. The Morgan fingerprint density at radius 3 is 2.50 bits per heavy atom. The van der Waals surface area contributed by atoms with Crippen molar-refractivity contribution < 1.29 is 23.8 Å². The molecule has 0 fully saturated rings. The number of hydrogen-bond acceptors (Lipinski definition) is 5. The van der Waals surface area contributed by atoms with Gasteiger partial charge >= 0.3 is 12.0 Å². The number of nitrogens with one attached hydrogen (secondary N) is 2. The fraction of sp³-hybridized carbons (Fsp3) is 0.407. The van der Waals surface area contributed by atoms with Crippen LogP contribution in [0.3, 0.4) is 0 Å². The Hall–Kier alpha value is -3.48. The minimum Gasteiger partial charge on any atom is -0.490 e. The summed E-state index contributed by atoms with van der Waals surface area (Å²) in [4.78, 5) is 25.5. The molecule has 1 aliphatic rings. The molecule has 2 amide bonds. The number of carbonyl (C=O) groups is 2. The van der Waals surface area contributed by atoms with E-state index in [9.17, 15) is 9.59 Å². The van der Waals surface area contributed by atoms with Gasteiger partial charge in [-0.05, 0) is 62.9 Å². The third-order valence-electron chi connectivity index (χ3n) is 5.46. The number of aryl methyl sites for hydroxylation is 1. The fourth-order valence-corrected chi connectivity index (χ4v) is 3.85. The number of carbonyl (C=O) groups excluding carboxylic acids is 2. The Balaban J connectivity index is 1.96. The third kappa shape index (κ3) is 6.10. The van der Waals surface area contributed by atoms with Gasteiger partial charge in [-0.1, -0.05) is 43.7 Å². The molecule has 7 heteroatoms. The topological polar surface area (TPSA) is 85.9 Å². The van der Waals surface area contributed by atoms with Crippen LogP contribution in [0.15, 0.2) is 53.7 Å². The molecule has 7 nitrogen and oxygen atoms in total. The van der Waals surface area contributed by atoms with Crippen LogP contribution >= 0.6 is 0 Å². The quantitative estimate of drug-likeness (QED) is 0.462. The van der Waals surface area contributed by atoms with Crippen molar-refractivity contribution in [2.24, 2.45) is 0 Å². The third-order valence-corrected chi connectivity index (χ3v) is 5.46. The Labute approximate surface area is 201 Å². The van der Waals surface area contributed by atoms with Crippen LogP contribution in [0.25, 0.3) is 0 Å². The standard InChI is InChI=1S/C27H34N2O5/c1-6-10-21-24(26(30)34-17(3)4)25(29-27(31)28-21)19-13-14-22(23(15-19)32-7-2)33-16-20-12-9-8-11-18(20)5/h8-9,11-15,17,25H,6-7,10,16H2,1-5H3,(H2,28,29,31). The SMILES string of the molecule is CCCC1=C(C(=O)OC(C)C)C(c2ccc(OCc3ccccc3C)c(OCC)c2)NC(=O)N1. The molecule has 0 saturated heterocycles. The summed E-state index contributed by atoms with van der Waals surface area (Å²) in [5.41, 5.74) is 3.94. The first-order valence-electron chi connectivity index (χ1n) is 11.8. The first kappa shape index (κ1) is 25.1. The highest BCUT2D eigenvalue weighted by atomic mass is 16.5. The highest BCUT2D eigenvalue weighted by molar-refractivity contribution is 5.95. The number of allylic oxidation sites excluding steroid dienone is 1. The summed E-state index contributed by atoms with van der Waals surface area (Å²) < 4.78 is 17.5. The van der Waals surface area contributed by atoms with Gasteiger partial charge in [0.25, 0.3) is 0 Å². The molecular weight excluding hydrogens is 432 g/mol. The smallest absolute Gasteiger partial charge is 0.338 e. The van der Waals surface area contributed by atoms with Gasteiger partial charge in [0.2, 0.25) is 0 Å². The maximum atomic E-state index is 13.0. The van der Waals surface area contributed by atoms with E-state index in [4.69, 9.17) is 14.2 Å². The van der Waals surface area contributed by atoms with Crippen LogP contribution in [-0.2, 0) is 16.1 Å². The van der Waals surface area contributed by atoms with Gasteiger partial charge in [0.05, 0.1) is 24.3 Å². The average molecular weight is 467 g/mol. The van der Waals surface area contributed by atoms with Crippen LogP contribution < -0.4 is 20.1 Å². The maximum absolute atomic E-state index is 13.0. The van der Waals surface area contributed by atoms with E-state index in [1.807, 2.05) is 63.2 Å². The zero-order chi connectivity index (χ0) is 24.7. The van der Waals surface area contributed by atoms with Gasteiger partial charge in [0.1, 0.15) is 6.61 Å². The number of ether oxygens (including phenoxy) is 3. The van der Waals surface area contributed by atoms with Crippen molar-refractivity contribution in [2.45, 2.75) is 66.2 Å². The zero-order valence-electron chi connectivity index (χ0n) is 20.6. The van der Waals surface area contributed by atoms with E-state index in [1.54, 1.807) is 13.8 Å². The highest BCUT2D eigenvalue weighted by Gasteiger charge is 2.34. The van der Waals surface area contributed by atoms with E-state index in [0.29, 0.717) is 48.0 Å². The lowest BCUT2D eigenvalue weighted by Gasteiger charge is -2.30. The van der Waals surface area contributed by atoms with Gasteiger partial charge in [-0.15, -0.1) is 0 Å². The van der Waals surface area contributed by atoms with Crippen LogP contribution in [0.1, 0.15) is 63.3 Å². The lowest BCUT2D eigenvalue weighted by molar-refractivity contribution is -0.143. The van der Waals surface area contributed by atoms with Gasteiger partial charge in [-0.2, -0.15) is 0 Å². The first-order valence-corrected chi connectivity index (χ1v) is 11.8. The number of urea groups is 1. The summed E-state index contributed by atoms with van der Waals surface area (Å²) in [6.07, 6.45) is 1.05. The van der Waals surface area contributed by atoms with Gasteiger partial charge in [0.15, 0.2) is 11.5 Å². The second-order valence-electron chi connectivity index (χ2n) is 8.48. The Kier molecular flexibility index (Phi) is 8.57. The Morgan fingerprint density at radius 1 is 1.06 bits per heavy atom. The molecule has 0 aromatic heterocycles. The monoisotopic (exact) mass is 466 g/mol. The maximum Gasteiger partial charge on any atom is 0.338 e. The number of benzene rings is 2. The largest absolute Gasteiger partial charge is 0.490 e. The molecule has 1 unspecified atom stereocenters. The van der Waals surface area contributed by atoms with Gasteiger partial charge in [-0.3, -0.25) is 0 Å². The zero-order valence-corrected chi connectivity index (χ0v) is 20.6. The molecule has 182 valence electrons. The van der Waals surface area contributed by atoms with Crippen molar-refractivity contribution in [3.63, 3.8) is 0 Å². The van der Waals surface area contributed by atoms with Crippen LogP contribution in [0.4, 0.5) is 4.79 Å². The van der Waals surface area contributed by atoms with E-state index in [2.05, 4.69) is 10.6 Å². The summed E-state index contributed by atoms with van der Waals surface area (Å²) >= 11 is 0. The van der Waals surface area contributed by atoms with Crippen molar-refractivity contribution in [2.75, 3.05) is 6.61 Å². The number of rotatable bonds is 10. The van der Waals surface area contributed by atoms with Gasteiger partial charge in [0, 0.05) is 5.70 Å².